The van der Waals surface area contributed by atoms with E-state index in [9.17, 15) is 9.90 Å². The molecule has 1 saturated heterocycles. The maximum Gasteiger partial charge on any atom is 0.288 e. The first-order valence-corrected chi connectivity index (χ1v) is 12.0. The number of carbonyl (C=O) groups is 1. The lowest BCUT2D eigenvalue weighted by Crippen LogP contribution is -2.42. The molecule has 1 amide bonds. The molecule has 0 spiro atoms. The van der Waals surface area contributed by atoms with Gasteiger partial charge in [-0.2, -0.15) is 0 Å². The van der Waals surface area contributed by atoms with Crippen LogP contribution in [0, 0.1) is 5.92 Å². The SMILES string of the molecule is CCO[C@@H]1OC(C(=O)N2CCCCC2)=C[C@H](c2csc3ccccc23)[C@H]1CCCO. The summed E-state index contributed by atoms with van der Waals surface area (Å²) < 4.78 is 13.4. The van der Waals surface area contributed by atoms with Crippen LogP contribution in [0.15, 0.2) is 41.5 Å². The lowest BCUT2D eigenvalue weighted by Gasteiger charge is -2.38. The van der Waals surface area contributed by atoms with Gasteiger partial charge in [-0.15, -0.1) is 11.3 Å². The van der Waals surface area contributed by atoms with Gasteiger partial charge in [-0.3, -0.25) is 4.79 Å². The number of hydrogen-bond donors (Lipinski definition) is 1. The quantitative estimate of drug-likeness (QED) is 0.695. The highest BCUT2D eigenvalue weighted by Gasteiger charge is 2.39. The summed E-state index contributed by atoms with van der Waals surface area (Å²) in [7, 11) is 0. The molecular weight excluding hydrogens is 398 g/mol. The molecular formula is C24H31NO4S. The standard InChI is InChI=1S/C24H31NO4S/c1-2-28-24-18(10-8-14-26)19(20-16-30-22-11-5-4-9-17(20)22)15-21(29-24)23(27)25-12-6-3-7-13-25/h4-5,9,11,15-16,18-19,24,26H,2-3,6-8,10,12-14H2,1H3/t18-,19+,24-/m1/s1. The molecule has 3 heterocycles. The van der Waals surface area contributed by atoms with Crippen LogP contribution in [0.2, 0.25) is 0 Å². The first-order valence-electron chi connectivity index (χ1n) is 11.1. The number of carbonyl (C=O) groups excluding carboxylic acids is 1. The predicted octanol–water partition coefficient (Wildman–Crippen LogP) is 4.66. The first kappa shape index (κ1) is 21.3. The van der Waals surface area contributed by atoms with Crippen molar-refractivity contribution in [3.05, 3.63) is 47.0 Å². The second-order valence-electron chi connectivity index (χ2n) is 8.07. The lowest BCUT2D eigenvalue weighted by atomic mass is 9.80. The molecule has 0 bridgehead atoms. The van der Waals surface area contributed by atoms with Crippen LogP contribution in [-0.4, -0.2) is 48.5 Å². The van der Waals surface area contributed by atoms with E-state index < -0.39 is 6.29 Å². The van der Waals surface area contributed by atoms with Gasteiger partial charge in [-0.1, -0.05) is 18.2 Å². The number of hydrogen-bond acceptors (Lipinski definition) is 5. The Labute approximate surface area is 182 Å². The van der Waals surface area contributed by atoms with Gasteiger partial charge in [0.1, 0.15) is 0 Å². The molecule has 30 heavy (non-hydrogen) atoms. The number of fused-ring (bicyclic) bond motifs is 1. The highest BCUT2D eigenvalue weighted by Crippen LogP contribution is 2.43. The highest BCUT2D eigenvalue weighted by molar-refractivity contribution is 7.17. The number of nitrogens with zero attached hydrogens (tertiary/aromatic N) is 1. The minimum Gasteiger partial charge on any atom is -0.459 e. The van der Waals surface area contributed by atoms with E-state index in [2.05, 4.69) is 29.6 Å². The van der Waals surface area contributed by atoms with Gasteiger partial charge in [0, 0.05) is 42.8 Å². The fourth-order valence-corrected chi connectivity index (χ4v) is 5.63. The van der Waals surface area contributed by atoms with Crippen molar-refractivity contribution in [2.24, 2.45) is 5.92 Å². The average Bonchev–Trinajstić information content (AvgIpc) is 3.22. The molecule has 162 valence electrons. The van der Waals surface area contributed by atoms with Crippen LogP contribution < -0.4 is 0 Å². The minimum atomic E-state index is -0.487. The predicted molar refractivity (Wildman–Crippen MR) is 119 cm³/mol. The Morgan fingerprint density at radius 1 is 1.27 bits per heavy atom. The van der Waals surface area contributed by atoms with Crippen molar-refractivity contribution in [2.45, 2.75) is 51.2 Å². The van der Waals surface area contributed by atoms with Gasteiger partial charge in [0.25, 0.3) is 5.91 Å². The molecule has 2 aliphatic heterocycles. The van der Waals surface area contributed by atoms with Crippen molar-refractivity contribution in [2.75, 3.05) is 26.3 Å². The smallest absolute Gasteiger partial charge is 0.288 e. The maximum atomic E-state index is 13.2. The fourth-order valence-electron chi connectivity index (χ4n) is 4.62. The zero-order chi connectivity index (χ0) is 20.9. The van der Waals surface area contributed by atoms with Crippen LogP contribution in [0.3, 0.4) is 0 Å². The Bertz CT molecular complexity index is 886. The average molecular weight is 430 g/mol. The Morgan fingerprint density at radius 3 is 2.83 bits per heavy atom. The van der Waals surface area contributed by atoms with Gasteiger partial charge < -0.3 is 19.5 Å². The van der Waals surface area contributed by atoms with E-state index in [1.807, 2.05) is 17.9 Å². The Balaban J connectivity index is 1.73. The van der Waals surface area contributed by atoms with Crippen molar-refractivity contribution in [3.8, 4) is 0 Å². The minimum absolute atomic E-state index is 0.0155. The van der Waals surface area contributed by atoms with E-state index in [4.69, 9.17) is 9.47 Å². The maximum absolute atomic E-state index is 13.2. The Kier molecular flexibility index (Phi) is 7.08. The van der Waals surface area contributed by atoms with Crippen LogP contribution in [0.1, 0.15) is 50.5 Å². The van der Waals surface area contributed by atoms with Gasteiger partial charge in [-0.05, 0) is 67.5 Å². The van der Waals surface area contributed by atoms with Crippen molar-refractivity contribution in [1.29, 1.82) is 0 Å². The van der Waals surface area contributed by atoms with Gasteiger partial charge in [0.05, 0.1) is 0 Å². The number of aliphatic hydroxyl groups is 1. The number of piperidine rings is 1. The van der Waals surface area contributed by atoms with E-state index in [1.54, 1.807) is 11.3 Å². The molecule has 1 N–H and O–H groups in total. The third kappa shape index (κ3) is 4.41. The summed E-state index contributed by atoms with van der Waals surface area (Å²) in [5.74, 6) is 0.454. The summed E-state index contributed by atoms with van der Waals surface area (Å²) in [6.45, 7) is 4.18. The van der Waals surface area contributed by atoms with E-state index in [0.29, 0.717) is 18.8 Å². The molecule has 3 atom stereocenters. The molecule has 2 aliphatic rings. The monoisotopic (exact) mass is 429 g/mol. The van der Waals surface area contributed by atoms with Gasteiger partial charge in [-0.25, -0.2) is 0 Å². The number of thiophene rings is 1. The van der Waals surface area contributed by atoms with Crippen molar-refractivity contribution >= 4 is 27.3 Å². The summed E-state index contributed by atoms with van der Waals surface area (Å²) in [6, 6.07) is 8.40. The lowest BCUT2D eigenvalue weighted by molar-refractivity contribution is -0.170. The highest BCUT2D eigenvalue weighted by atomic mass is 32.1. The molecule has 1 fully saturated rings. The van der Waals surface area contributed by atoms with Gasteiger partial charge in [0.15, 0.2) is 5.76 Å². The second-order valence-corrected chi connectivity index (χ2v) is 8.98. The van der Waals surface area contributed by atoms with Gasteiger partial charge >= 0.3 is 0 Å². The molecule has 0 aliphatic carbocycles. The Morgan fingerprint density at radius 2 is 2.07 bits per heavy atom. The van der Waals surface area contributed by atoms with Crippen LogP contribution in [0.25, 0.3) is 10.1 Å². The molecule has 5 nitrogen and oxygen atoms in total. The number of rotatable bonds is 7. The molecule has 6 heteroatoms. The zero-order valence-electron chi connectivity index (χ0n) is 17.6. The van der Waals surface area contributed by atoms with E-state index in [1.165, 1.54) is 22.1 Å². The summed E-state index contributed by atoms with van der Waals surface area (Å²) in [5.41, 5.74) is 1.22. The fraction of sp³-hybridized carbons (Fsp3) is 0.542. The molecule has 1 aromatic heterocycles. The third-order valence-corrected chi connectivity index (χ3v) is 7.12. The van der Waals surface area contributed by atoms with Crippen LogP contribution in [0.4, 0.5) is 0 Å². The van der Waals surface area contributed by atoms with E-state index in [0.717, 1.165) is 32.4 Å². The zero-order valence-corrected chi connectivity index (χ0v) is 18.4. The Hall–Kier alpha value is -1.89. The summed E-state index contributed by atoms with van der Waals surface area (Å²) in [5, 5.41) is 12.9. The molecule has 2 aromatic rings. The summed E-state index contributed by atoms with van der Waals surface area (Å²) in [6.07, 6.45) is 6.26. The normalized spacial score (nSPS) is 24.5. The second kappa shape index (κ2) is 9.94. The van der Waals surface area contributed by atoms with Crippen LogP contribution in [0.5, 0.6) is 0 Å². The topological polar surface area (TPSA) is 59.0 Å². The molecule has 4 rings (SSSR count). The summed E-state index contributed by atoms with van der Waals surface area (Å²) in [4.78, 5) is 15.2. The van der Waals surface area contributed by atoms with Crippen LogP contribution in [-0.2, 0) is 14.3 Å². The largest absolute Gasteiger partial charge is 0.459 e. The number of aliphatic hydroxyl groups excluding tert-OH is 1. The number of allylic oxidation sites excluding steroid dienone is 1. The first-order chi connectivity index (χ1) is 14.7. The number of amides is 1. The third-order valence-electron chi connectivity index (χ3n) is 6.14. The molecule has 0 radical (unpaired) electrons. The number of ether oxygens (including phenoxy) is 2. The van der Waals surface area contributed by atoms with Gasteiger partial charge in [0.2, 0.25) is 6.29 Å². The van der Waals surface area contributed by atoms with Crippen molar-refractivity contribution in [1.82, 2.24) is 4.90 Å². The summed E-state index contributed by atoms with van der Waals surface area (Å²) >= 11 is 1.73. The van der Waals surface area contributed by atoms with Crippen molar-refractivity contribution in [3.63, 3.8) is 0 Å². The number of likely N-dealkylation sites (tertiary alicyclic amines) is 1. The van der Waals surface area contributed by atoms with Crippen molar-refractivity contribution < 1.29 is 19.4 Å². The van der Waals surface area contributed by atoms with Crippen LogP contribution >= 0.6 is 11.3 Å². The molecule has 0 unspecified atom stereocenters. The molecule has 1 aromatic carbocycles. The number of benzene rings is 1. The molecule has 0 saturated carbocycles. The van der Waals surface area contributed by atoms with E-state index in [-0.39, 0.29) is 24.3 Å². The van der Waals surface area contributed by atoms with E-state index >= 15 is 0 Å².